The van der Waals surface area contributed by atoms with E-state index in [2.05, 4.69) is 18.2 Å². The molecule has 0 amide bonds. The average molecular weight is 304 g/mol. The third-order valence-electron chi connectivity index (χ3n) is 2.68. The molecule has 1 aromatic carbocycles. The van der Waals surface area contributed by atoms with Gasteiger partial charge in [-0.1, -0.05) is 31.5 Å². The fourth-order valence-electron chi connectivity index (χ4n) is 1.83. The van der Waals surface area contributed by atoms with Gasteiger partial charge < -0.3 is 0 Å². The van der Waals surface area contributed by atoms with Crippen molar-refractivity contribution >= 4 is 34.7 Å². The molecule has 0 spiro atoms. The monoisotopic (exact) mass is 303 g/mol. The first-order chi connectivity index (χ1) is 8.56. The highest BCUT2D eigenvalue weighted by Gasteiger charge is 2.20. The standard InChI is InChI=1S/C13H12Cl2FNS/c1-7(2)13-8(6-14)12(17-18-13)11-9(15)4-3-5-10(11)16/h3-5,7H,6H2,1-2H3. The summed E-state index contributed by atoms with van der Waals surface area (Å²) >= 11 is 13.4. The van der Waals surface area contributed by atoms with E-state index in [0.29, 0.717) is 28.1 Å². The highest BCUT2D eigenvalue weighted by molar-refractivity contribution is 7.06. The Kier molecular flexibility index (Phi) is 4.25. The van der Waals surface area contributed by atoms with E-state index in [1.165, 1.54) is 17.6 Å². The Balaban J connectivity index is 2.65. The molecule has 2 aromatic rings. The zero-order valence-electron chi connectivity index (χ0n) is 10.0. The SMILES string of the molecule is CC(C)c1snc(-c2c(F)cccc2Cl)c1CCl. The summed E-state index contributed by atoms with van der Waals surface area (Å²) in [5.41, 5.74) is 1.79. The minimum atomic E-state index is -0.366. The van der Waals surface area contributed by atoms with Crippen LogP contribution in [0.5, 0.6) is 0 Å². The molecule has 0 aliphatic carbocycles. The van der Waals surface area contributed by atoms with Crippen LogP contribution in [0.25, 0.3) is 11.3 Å². The van der Waals surface area contributed by atoms with Crippen molar-refractivity contribution in [1.29, 1.82) is 0 Å². The van der Waals surface area contributed by atoms with Crippen molar-refractivity contribution in [2.45, 2.75) is 25.6 Å². The molecule has 0 saturated heterocycles. The quantitative estimate of drug-likeness (QED) is 0.686. The largest absolute Gasteiger partial charge is 0.206 e. The molecule has 0 atom stereocenters. The number of alkyl halides is 1. The lowest BCUT2D eigenvalue weighted by Gasteiger charge is -2.07. The van der Waals surface area contributed by atoms with Crippen LogP contribution >= 0.6 is 34.7 Å². The molecule has 0 aliphatic heterocycles. The third-order valence-corrected chi connectivity index (χ3v) is 4.45. The Morgan fingerprint density at radius 2 is 2.11 bits per heavy atom. The van der Waals surface area contributed by atoms with E-state index in [4.69, 9.17) is 23.2 Å². The highest BCUT2D eigenvalue weighted by atomic mass is 35.5. The number of rotatable bonds is 3. The normalized spacial score (nSPS) is 11.2. The minimum absolute atomic E-state index is 0.310. The Bertz CT molecular complexity index is 546. The second-order valence-electron chi connectivity index (χ2n) is 4.26. The summed E-state index contributed by atoms with van der Waals surface area (Å²) in [6, 6.07) is 4.62. The van der Waals surface area contributed by atoms with Gasteiger partial charge in [0.05, 0.1) is 22.2 Å². The van der Waals surface area contributed by atoms with E-state index in [1.54, 1.807) is 12.1 Å². The average Bonchev–Trinajstić information content (AvgIpc) is 2.72. The molecule has 2 rings (SSSR count). The Hall–Kier alpha value is -0.640. The van der Waals surface area contributed by atoms with Gasteiger partial charge in [0.15, 0.2) is 0 Å². The molecular weight excluding hydrogens is 292 g/mol. The molecule has 0 fully saturated rings. The van der Waals surface area contributed by atoms with Crippen LogP contribution in [-0.2, 0) is 5.88 Å². The molecule has 5 heteroatoms. The second kappa shape index (κ2) is 5.55. The molecule has 0 N–H and O–H groups in total. The summed E-state index contributed by atoms with van der Waals surface area (Å²) in [6.45, 7) is 4.13. The number of halogens is 3. The fourth-order valence-corrected chi connectivity index (χ4v) is 3.31. The van der Waals surface area contributed by atoms with Gasteiger partial charge in [0.25, 0.3) is 0 Å². The van der Waals surface area contributed by atoms with Crippen LogP contribution in [0, 0.1) is 5.82 Å². The van der Waals surface area contributed by atoms with Crippen LogP contribution < -0.4 is 0 Å². The maximum atomic E-state index is 13.9. The lowest BCUT2D eigenvalue weighted by atomic mass is 10.0. The molecule has 0 bridgehead atoms. The van der Waals surface area contributed by atoms with Gasteiger partial charge in [-0.3, -0.25) is 0 Å². The summed E-state index contributed by atoms with van der Waals surface area (Å²) in [5, 5.41) is 0.363. The summed E-state index contributed by atoms with van der Waals surface area (Å²) in [6.07, 6.45) is 0. The lowest BCUT2D eigenvalue weighted by molar-refractivity contribution is 0.631. The van der Waals surface area contributed by atoms with Gasteiger partial charge in [-0.05, 0) is 29.6 Å². The Morgan fingerprint density at radius 3 is 2.67 bits per heavy atom. The smallest absolute Gasteiger partial charge is 0.134 e. The Labute approximate surface area is 120 Å². The first-order valence-corrected chi connectivity index (χ1v) is 7.23. The van der Waals surface area contributed by atoms with Crippen molar-refractivity contribution in [3.05, 3.63) is 39.5 Å². The van der Waals surface area contributed by atoms with Crippen molar-refractivity contribution in [2.75, 3.05) is 0 Å². The first-order valence-electron chi connectivity index (χ1n) is 5.55. The van der Waals surface area contributed by atoms with Crippen molar-refractivity contribution < 1.29 is 4.39 Å². The van der Waals surface area contributed by atoms with Crippen LogP contribution in [0.4, 0.5) is 4.39 Å². The summed E-state index contributed by atoms with van der Waals surface area (Å²) < 4.78 is 18.2. The van der Waals surface area contributed by atoms with E-state index in [0.717, 1.165) is 10.4 Å². The van der Waals surface area contributed by atoms with Crippen molar-refractivity contribution in [1.82, 2.24) is 4.37 Å². The Morgan fingerprint density at radius 1 is 1.39 bits per heavy atom. The molecular formula is C13H12Cl2FNS. The van der Waals surface area contributed by atoms with Crippen molar-refractivity contribution in [3.63, 3.8) is 0 Å². The molecule has 0 saturated carbocycles. The molecule has 0 radical (unpaired) electrons. The molecule has 96 valence electrons. The molecule has 18 heavy (non-hydrogen) atoms. The van der Waals surface area contributed by atoms with Gasteiger partial charge in [0, 0.05) is 10.4 Å². The maximum absolute atomic E-state index is 13.9. The van der Waals surface area contributed by atoms with Gasteiger partial charge in [-0.2, -0.15) is 4.37 Å². The van der Waals surface area contributed by atoms with Gasteiger partial charge in [0.2, 0.25) is 0 Å². The molecule has 1 heterocycles. The number of hydrogen-bond donors (Lipinski definition) is 0. The molecule has 1 nitrogen and oxygen atoms in total. The molecule has 1 aromatic heterocycles. The highest BCUT2D eigenvalue weighted by Crippen LogP contribution is 2.38. The zero-order valence-corrected chi connectivity index (χ0v) is 12.3. The van der Waals surface area contributed by atoms with E-state index in [9.17, 15) is 4.39 Å². The summed E-state index contributed by atoms with van der Waals surface area (Å²) in [7, 11) is 0. The lowest BCUT2D eigenvalue weighted by Crippen LogP contribution is -1.93. The van der Waals surface area contributed by atoms with Gasteiger partial charge in [0.1, 0.15) is 5.82 Å². The van der Waals surface area contributed by atoms with Crippen molar-refractivity contribution in [3.8, 4) is 11.3 Å². The molecule has 0 unspecified atom stereocenters. The van der Waals surface area contributed by atoms with Crippen LogP contribution in [0.15, 0.2) is 18.2 Å². The van der Waals surface area contributed by atoms with E-state index >= 15 is 0 Å². The third kappa shape index (κ3) is 2.40. The second-order valence-corrected chi connectivity index (χ2v) is 5.74. The minimum Gasteiger partial charge on any atom is -0.206 e. The zero-order chi connectivity index (χ0) is 13.3. The van der Waals surface area contributed by atoms with Gasteiger partial charge >= 0.3 is 0 Å². The van der Waals surface area contributed by atoms with E-state index in [1.807, 2.05) is 0 Å². The summed E-state index contributed by atoms with van der Waals surface area (Å²) in [5.74, 6) is 0.259. The maximum Gasteiger partial charge on any atom is 0.134 e. The van der Waals surface area contributed by atoms with Gasteiger partial charge in [-0.25, -0.2) is 4.39 Å². The fraction of sp³-hybridized carbons (Fsp3) is 0.308. The van der Waals surface area contributed by atoms with Crippen LogP contribution in [0.1, 0.15) is 30.2 Å². The van der Waals surface area contributed by atoms with Crippen LogP contribution in [-0.4, -0.2) is 4.37 Å². The number of hydrogen-bond acceptors (Lipinski definition) is 2. The topological polar surface area (TPSA) is 12.9 Å². The molecule has 0 aliphatic rings. The van der Waals surface area contributed by atoms with Gasteiger partial charge in [-0.15, -0.1) is 11.6 Å². The number of benzene rings is 1. The van der Waals surface area contributed by atoms with E-state index in [-0.39, 0.29) is 5.82 Å². The van der Waals surface area contributed by atoms with Crippen LogP contribution in [0.3, 0.4) is 0 Å². The summed E-state index contributed by atoms with van der Waals surface area (Å²) in [4.78, 5) is 1.08. The van der Waals surface area contributed by atoms with Crippen molar-refractivity contribution in [2.24, 2.45) is 0 Å². The number of aromatic nitrogens is 1. The van der Waals surface area contributed by atoms with E-state index < -0.39 is 0 Å². The van der Waals surface area contributed by atoms with Crippen LogP contribution in [0.2, 0.25) is 5.02 Å². The predicted octanol–water partition coefficient (Wildman–Crippen LogP) is 5.46. The first kappa shape index (κ1) is 13.8. The predicted molar refractivity (Wildman–Crippen MR) is 76.2 cm³/mol. The number of nitrogens with zero attached hydrogens (tertiary/aromatic N) is 1.